The predicted octanol–water partition coefficient (Wildman–Crippen LogP) is 12.8. The van der Waals surface area contributed by atoms with Crippen LogP contribution in [0.25, 0.3) is 27.6 Å². The van der Waals surface area contributed by atoms with Crippen LogP contribution in [-0.2, 0) is 48.6 Å². The van der Waals surface area contributed by atoms with Crippen LogP contribution in [0.1, 0.15) is 118 Å². The summed E-state index contributed by atoms with van der Waals surface area (Å²) in [6, 6.07) is 34.7. The Bertz CT molecular complexity index is 3010. The number of aliphatic imine (C=N–C) groups is 1. The first kappa shape index (κ1) is 41.3. The number of hydrogen-bond donors (Lipinski definition) is 0. The quantitative estimate of drug-likeness (QED) is 0.166. The van der Waals surface area contributed by atoms with E-state index in [-0.39, 0.29) is 37.3 Å². The number of aromatic nitrogens is 3. The van der Waals surface area contributed by atoms with E-state index < -0.39 is 11.1 Å². The molecule has 3 aliphatic rings. The molecule has 1 aliphatic carbocycles. The van der Waals surface area contributed by atoms with Gasteiger partial charge in [-0.2, -0.15) is 6.07 Å². The fourth-order valence-electron chi connectivity index (χ4n) is 10.5. The standard InChI is InChI=1S/C54H55N5O.Pt/c1-31-14-16-43-38(22-31)39-28-42-46(29-45(39)58(43)48-27-37(19-21-56-48)50(5,6)7)59(44-17-15-32(2)23-41(44)52(42,11)12)47-26-35(18-20-55-47)49-57-53(13)40-25-34(4)33(3)24-36(40)30-54(53,60-49)51(8,9)10;/h14-25,27-28H,30H2,1-13H3;/q-2;+2/t53-,54-;/m1./s1. The molecule has 0 fully saturated rings. The van der Waals surface area contributed by atoms with Gasteiger partial charge < -0.3 is 14.2 Å². The van der Waals surface area contributed by atoms with Gasteiger partial charge >= 0.3 is 21.1 Å². The molecule has 0 N–H and O–H groups in total. The Labute approximate surface area is 375 Å². The van der Waals surface area contributed by atoms with Crippen molar-refractivity contribution in [3.8, 4) is 5.82 Å². The number of benzene rings is 4. The molecule has 7 aromatic rings. The Morgan fingerprint density at radius 2 is 1.41 bits per heavy atom. The number of nitrogens with zero attached hydrogens (tertiary/aromatic N) is 5. The second kappa shape index (κ2) is 13.5. The van der Waals surface area contributed by atoms with Gasteiger partial charge in [0.25, 0.3) is 0 Å². The van der Waals surface area contributed by atoms with E-state index in [1.165, 1.54) is 55.5 Å². The van der Waals surface area contributed by atoms with Gasteiger partial charge in [0.2, 0.25) is 0 Å². The summed E-state index contributed by atoms with van der Waals surface area (Å²) in [5.74, 6) is 2.16. The van der Waals surface area contributed by atoms with Gasteiger partial charge in [-0.25, -0.2) is 4.98 Å². The smallest absolute Gasteiger partial charge is 0.525 e. The van der Waals surface area contributed by atoms with Crippen molar-refractivity contribution in [3.05, 3.63) is 153 Å². The predicted molar refractivity (Wildman–Crippen MR) is 246 cm³/mol. The summed E-state index contributed by atoms with van der Waals surface area (Å²) < 4.78 is 9.56. The van der Waals surface area contributed by atoms with Crippen molar-refractivity contribution in [1.82, 2.24) is 14.5 Å². The third-order valence-electron chi connectivity index (χ3n) is 14.2. The van der Waals surface area contributed by atoms with E-state index in [1.807, 2.05) is 18.5 Å². The Morgan fingerprint density at radius 1 is 0.705 bits per heavy atom. The molecule has 312 valence electrons. The van der Waals surface area contributed by atoms with E-state index in [0.717, 1.165) is 45.6 Å². The van der Waals surface area contributed by atoms with Crippen molar-refractivity contribution in [2.45, 2.75) is 118 Å². The fraction of sp³-hybridized carbons (Fsp3) is 0.352. The van der Waals surface area contributed by atoms with Crippen molar-refractivity contribution >= 4 is 44.9 Å². The Morgan fingerprint density at radius 3 is 2.15 bits per heavy atom. The zero-order valence-electron chi connectivity index (χ0n) is 37.8. The molecule has 0 saturated carbocycles. The Hall–Kier alpha value is -5.06. The van der Waals surface area contributed by atoms with Crippen LogP contribution < -0.4 is 4.90 Å². The molecular weight excluding hydrogens is 930 g/mol. The van der Waals surface area contributed by atoms with Crippen molar-refractivity contribution in [1.29, 1.82) is 0 Å². The molecule has 0 spiro atoms. The molecule has 0 saturated heterocycles. The molecule has 10 rings (SSSR count). The number of rotatable bonds is 3. The van der Waals surface area contributed by atoms with Crippen LogP contribution in [0.3, 0.4) is 0 Å². The normalized spacial score (nSPS) is 20.1. The molecule has 61 heavy (non-hydrogen) atoms. The first-order valence-electron chi connectivity index (χ1n) is 21.4. The largest absolute Gasteiger partial charge is 2.00 e. The van der Waals surface area contributed by atoms with Gasteiger partial charge in [0.15, 0.2) is 0 Å². The number of pyridine rings is 2. The van der Waals surface area contributed by atoms with Crippen LogP contribution in [0.5, 0.6) is 0 Å². The molecule has 0 radical (unpaired) electrons. The van der Waals surface area contributed by atoms with E-state index in [4.69, 9.17) is 19.7 Å². The summed E-state index contributed by atoms with van der Waals surface area (Å²) in [5.41, 5.74) is 14.4. The summed E-state index contributed by atoms with van der Waals surface area (Å²) >= 11 is 0. The van der Waals surface area contributed by atoms with Crippen molar-refractivity contribution in [2.75, 3.05) is 4.90 Å². The number of hydrogen-bond acceptors (Lipinski definition) is 5. The van der Waals surface area contributed by atoms with Crippen LogP contribution in [0.4, 0.5) is 17.2 Å². The second-order valence-corrected chi connectivity index (χ2v) is 20.5. The summed E-state index contributed by atoms with van der Waals surface area (Å²) in [6.45, 7) is 29.3. The average Bonchev–Trinajstić information content (AvgIpc) is 3.76. The van der Waals surface area contributed by atoms with Crippen LogP contribution >= 0.6 is 0 Å². The zero-order chi connectivity index (χ0) is 42.5. The molecule has 0 unspecified atom stereocenters. The Balaban J connectivity index is 0.00000476. The maximum Gasteiger partial charge on any atom is 2.00 e. The first-order chi connectivity index (χ1) is 28.2. The van der Waals surface area contributed by atoms with E-state index in [0.29, 0.717) is 11.7 Å². The van der Waals surface area contributed by atoms with Crippen LogP contribution in [0, 0.1) is 45.2 Å². The SMILES string of the molecule is Cc1ccc2c(c1)C(C)(C)c1cc3c4cc(C)ccc4n(-c4cc(C(C)(C)C)ccn4)c3[c-]c1N2c1[c-]c(C2=N[C@]3(C)c4cc(C)c(C)cc4C[C@]3(C(C)(C)C)O2)ccn1.[Pt+2]. The first-order valence-corrected chi connectivity index (χ1v) is 21.4. The van der Waals surface area contributed by atoms with Crippen molar-refractivity contribution < 1.29 is 25.8 Å². The third-order valence-corrected chi connectivity index (χ3v) is 14.2. The van der Waals surface area contributed by atoms with Crippen LogP contribution in [0.15, 0.2) is 90.2 Å². The van der Waals surface area contributed by atoms with Crippen molar-refractivity contribution in [3.63, 3.8) is 0 Å². The molecule has 3 aromatic heterocycles. The number of aryl methyl sites for hydroxylation is 4. The fourth-order valence-corrected chi connectivity index (χ4v) is 10.5. The van der Waals surface area contributed by atoms with Gasteiger partial charge in [-0.15, -0.1) is 34.7 Å². The number of anilines is 3. The summed E-state index contributed by atoms with van der Waals surface area (Å²) in [7, 11) is 0. The van der Waals surface area contributed by atoms with E-state index in [1.54, 1.807) is 0 Å². The molecule has 7 heteroatoms. The zero-order valence-corrected chi connectivity index (χ0v) is 40.0. The van der Waals surface area contributed by atoms with Gasteiger partial charge in [-0.05, 0) is 115 Å². The average molecular weight is 985 g/mol. The molecule has 0 bridgehead atoms. The summed E-state index contributed by atoms with van der Waals surface area (Å²) in [5, 5.41) is 2.34. The maximum absolute atomic E-state index is 7.27. The van der Waals surface area contributed by atoms with Crippen LogP contribution in [0.2, 0.25) is 0 Å². The van der Waals surface area contributed by atoms with E-state index >= 15 is 0 Å². The minimum atomic E-state index is -0.568. The van der Waals surface area contributed by atoms with Gasteiger partial charge in [-0.3, -0.25) is 9.98 Å². The molecule has 2 aliphatic heterocycles. The topological polar surface area (TPSA) is 55.5 Å². The Kier molecular flexibility index (Phi) is 9.12. The molecule has 2 atom stereocenters. The molecule has 0 amide bonds. The molecule has 5 heterocycles. The van der Waals surface area contributed by atoms with E-state index in [2.05, 4.69) is 178 Å². The number of ether oxygens (including phenoxy) is 1. The van der Waals surface area contributed by atoms with Crippen LogP contribution in [-0.4, -0.2) is 26.0 Å². The van der Waals surface area contributed by atoms with Gasteiger partial charge in [0, 0.05) is 29.2 Å². The second-order valence-electron chi connectivity index (χ2n) is 20.5. The van der Waals surface area contributed by atoms with Crippen molar-refractivity contribution in [2.24, 2.45) is 10.4 Å². The number of fused-ring (bicyclic) bond motifs is 8. The van der Waals surface area contributed by atoms with Gasteiger partial charge in [0.1, 0.15) is 22.9 Å². The minimum absolute atomic E-state index is 0. The van der Waals surface area contributed by atoms with Gasteiger partial charge in [0.05, 0.1) is 5.82 Å². The third kappa shape index (κ3) is 5.87. The summed E-state index contributed by atoms with van der Waals surface area (Å²) in [6.07, 6.45) is 4.61. The molecule has 4 aromatic carbocycles. The monoisotopic (exact) mass is 984 g/mol. The molecule has 6 nitrogen and oxygen atoms in total. The minimum Gasteiger partial charge on any atom is -0.525 e. The molecular formula is C54H55N5OPt. The van der Waals surface area contributed by atoms with Gasteiger partial charge in [-0.1, -0.05) is 114 Å². The maximum atomic E-state index is 7.27. The summed E-state index contributed by atoms with van der Waals surface area (Å²) in [4.78, 5) is 17.9. The van der Waals surface area contributed by atoms with E-state index in [9.17, 15) is 0 Å².